The van der Waals surface area contributed by atoms with E-state index in [4.69, 9.17) is 4.74 Å². The normalized spacial score (nSPS) is 15.2. The number of carbonyl (C=O) groups excluding carboxylic acids is 2. The highest BCUT2D eigenvalue weighted by molar-refractivity contribution is 6.10. The van der Waals surface area contributed by atoms with Crippen LogP contribution in [0, 0.1) is 5.92 Å². The Bertz CT molecular complexity index is 1000. The van der Waals surface area contributed by atoms with Crippen molar-refractivity contribution in [3.63, 3.8) is 0 Å². The van der Waals surface area contributed by atoms with Crippen molar-refractivity contribution in [1.29, 1.82) is 0 Å². The lowest BCUT2D eigenvalue weighted by molar-refractivity contribution is -0.154. The van der Waals surface area contributed by atoms with Crippen LogP contribution in [-0.2, 0) is 20.9 Å². The maximum Gasteiger partial charge on any atom is 0.309 e. The first-order valence-electron chi connectivity index (χ1n) is 9.11. The highest BCUT2D eigenvalue weighted by atomic mass is 16.5. The number of benzene rings is 2. The molecule has 0 saturated heterocycles. The number of hydrogen-bond donors (Lipinski definition) is 1. The quantitative estimate of drug-likeness (QED) is 0.705. The third kappa shape index (κ3) is 2.94. The Kier molecular flexibility index (Phi) is 4.15. The zero-order chi connectivity index (χ0) is 18.3. The summed E-state index contributed by atoms with van der Waals surface area (Å²) in [6.45, 7) is 4.61. The van der Waals surface area contributed by atoms with Gasteiger partial charge in [-0.2, -0.15) is 0 Å². The molecule has 1 aliphatic carbocycles. The highest BCUT2D eigenvalue weighted by Crippen LogP contribution is 2.32. The van der Waals surface area contributed by atoms with Crippen LogP contribution in [0.3, 0.4) is 0 Å². The maximum atomic E-state index is 12.4. The fraction of sp³-hybridized carbons (Fsp3) is 0.333. The van der Waals surface area contributed by atoms with Gasteiger partial charge < -0.3 is 14.6 Å². The van der Waals surface area contributed by atoms with Crippen LogP contribution in [0.5, 0.6) is 0 Å². The standard InChI is InChI=1S/C21H22N2O3/c1-3-23-18-7-5-4-6-16(18)17-12-15(10-11-19(17)23)22-20(24)13(2)26-21(25)14-8-9-14/h4-7,10-14H,3,8-9H2,1-2H3,(H,22,24). The van der Waals surface area contributed by atoms with E-state index in [1.54, 1.807) is 6.92 Å². The Balaban J connectivity index is 1.60. The fourth-order valence-electron chi connectivity index (χ4n) is 3.36. The molecule has 1 aromatic heterocycles. The van der Waals surface area contributed by atoms with Crippen molar-refractivity contribution in [1.82, 2.24) is 4.57 Å². The molecule has 5 nitrogen and oxygen atoms in total. The molecule has 1 heterocycles. The van der Waals surface area contributed by atoms with Gasteiger partial charge in [0.25, 0.3) is 5.91 Å². The summed E-state index contributed by atoms with van der Waals surface area (Å²) in [6, 6.07) is 14.2. The molecule has 1 amide bonds. The lowest BCUT2D eigenvalue weighted by Crippen LogP contribution is -2.30. The molecule has 134 valence electrons. The zero-order valence-electron chi connectivity index (χ0n) is 15.0. The van der Waals surface area contributed by atoms with Crippen molar-refractivity contribution < 1.29 is 14.3 Å². The summed E-state index contributed by atoms with van der Waals surface area (Å²) < 4.78 is 7.49. The third-order valence-electron chi connectivity index (χ3n) is 4.93. The van der Waals surface area contributed by atoms with E-state index < -0.39 is 6.10 Å². The number of para-hydroxylation sites is 1. The number of anilines is 1. The number of aromatic nitrogens is 1. The second-order valence-electron chi connectivity index (χ2n) is 6.84. The van der Waals surface area contributed by atoms with Gasteiger partial charge in [-0.05, 0) is 51.0 Å². The average Bonchev–Trinajstić information content (AvgIpc) is 3.44. The van der Waals surface area contributed by atoms with Gasteiger partial charge in [0, 0.05) is 34.0 Å². The van der Waals surface area contributed by atoms with Gasteiger partial charge in [-0.25, -0.2) is 0 Å². The molecule has 26 heavy (non-hydrogen) atoms. The Morgan fingerprint density at radius 1 is 1.15 bits per heavy atom. The molecule has 0 spiro atoms. The topological polar surface area (TPSA) is 60.3 Å². The van der Waals surface area contributed by atoms with Crippen LogP contribution in [0.4, 0.5) is 5.69 Å². The van der Waals surface area contributed by atoms with E-state index in [-0.39, 0.29) is 17.8 Å². The minimum Gasteiger partial charge on any atom is -0.452 e. The number of amides is 1. The van der Waals surface area contributed by atoms with Crippen molar-refractivity contribution >= 4 is 39.4 Å². The maximum absolute atomic E-state index is 12.4. The summed E-state index contributed by atoms with van der Waals surface area (Å²) in [5.41, 5.74) is 3.02. The first-order valence-corrected chi connectivity index (χ1v) is 9.11. The SMILES string of the molecule is CCn1c2ccccc2c2cc(NC(=O)C(C)OC(=O)C3CC3)ccc21. The number of fused-ring (bicyclic) bond motifs is 3. The number of esters is 1. The number of hydrogen-bond acceptors (Lipinski definition) is 3. The molecule has 3 aromatic rings. The van der Waals surface area contributed by atoms with Crippen LogP contribution in [-0.4, -0.2) is 22.5 Å². The summed E-state index contributed by atoms with van der Waals surface area (Å²) >= 11 is 0. The van der Waals surface area contributed by atoms with Gasteiger partial charge in [0.2, 0.25) is 0 Å². The van der Waals surface area contributed by atoms with Crippen LogP contribution in [0.25, 0.3) is 21.8 Å². The number of nitrogens with zero attached hydrogens (tertiary/aromatic N) is 1. The van der Waals surface area contributed by atoms with E-state index in [1.165, 1.54) is 5.52 Å². The number of ether oxygens (including phenoxy) is 1. The summed E-state index contributed by atoms with van der Waals surface area (Å²) in [5, 5.41) is 5.13. The van der Waals surface area contributed by atoms with Crippen LogP contribution in [0.1, 0.15) is 26.7 Å². The highest BCUT2D eigenvalue weighted by Gasteiger charge is 2.33. The molecule has 1 fully saturated rings. The molecular formula is C21H22N2O3. The lowest BCUT2D eigenvalue weighted by atomic mass is 10.1. The first-order chi connectivity index (χ1) is 12.6. The van der Waals surface area contributed by atoms with Crippen molar-refractivity contribution in [2.45, 2.75) is 39.3 Å². The van der Waals surface area contributed by atoms with Gasteiger partial charge in [-0.15, -0.1) is 0 Å². The average molecular weight is 350 g/mol. The molecule has 0 radical (unpaired) electrons. The summed E-state index contributed by atoms with van der Waals surface area (Å²) in [5.74, 6) is -0.589. The van der Waals surface area contributed by atoms with Gasteiger partial charge >= 0.3 is 5.97 Å². The van der Waals surface area contributed by atoms with Crippen LogP contribution in [0.2, 0.25) is 0 Å². The zero-order valence-corrected chi connectivity index (χ0v) is 15.0. The Morgan fingerprint density at radius 3 is 2.62 bits per heavy atom. The Labute approximate surface area is 151 Å². The van der Waals surface area contributed by atoms with Crippen molar-refractivity contribution in [2.75, 3.05) is 5.32 Å². The lowest BCUT2D eigenvalue weighted by Gasteiger charge is -2.13. The monoisotopic (exact) mass is 350 g/mol. The van der Waals surface area contributed by atoms with Crippen LogP contribution in [0.15, 0.2) is 42.5 Å². The largest absolute Gasteiger partial charge is 0.452 e. The van der Waals surface area contributed by atoms with E-state index in [1.807, 2.05) is 30.3 Å². The Morgan fingerprint density at radius 2 is 1.88 bits per heavy atom. The van der Waals surface area contributed by atoms with E-state index >= 15 is 0 Å². The number of nitrogens with one attached hydrogen (secondary N) is 1. The molecule has 5 heteroatoms. The summed E-state index contributed by atoms with van der Waals surface area (Å²) in [6.07, 6.45) is 0.937. The predicted octanol–water partition coefficient (Wildman–Crippen LogP) is 4.09. The van der Waals surface area contributed by atoms with Crippen molar-refractivity contribution in [2.24, 2.45) is 5.92 Å². The second-order valence-corrected chi connectivity index (χ2v) is 6.84. The summed E-state index contributed by atoms with van der Waals surface area (Å²) in [7, 11) is 0. The van der Waals surface area contributed by atoms with Crippen LogP contribution < -0.4 is 5.32 Å². The first kappa shape index (κ1) is 16.6. The van der Waals surface area contributed by atoms with E-state index in [0.29, 0.717) is 5.69 Å². The molecular weight excluding hydrogens is 328 g/mol. The number of carbonyl (C=O) groups is 2. The van der Waals surface area contributed by atoms with Crippen molar-refractivity contribution in [3.8, 4) is 0 Å². The van der Waals surface area contributed by atoms with Gasteiger partial charge in [0.15, 0.2) is 6.10 Å². The predicted molar refractivity (Wildman–Crippen MR) is 102 cm³/mol. The van der Waals surface area contributed by atoms with E-state index in [2.05, 4.69) is 28.9 Å². The van der Waals surface area contributed by atoms with Gasteiger partial charge in [-0.1, -0.05) is 18.2 Å². The van der Waals surface area contributed by atoms with E-state index in [9.17, 15) is 9.59 Å². The van der Waals surface area contributed by atoms with Gasteiger partial charge in [0.1, 0.15) is 0 Å². The molecule has 1 N–H and O–H groups in total. The minimum atomic E-state index is -0.796. The molecule has 1 atom stereocenters. The second kappa shape index (κ2) is 6.48. The fourth-order valence-corrected chi connectivity index (χ4v) is 3.36. The van der Waals surface area contributed by atoms with Gasteiger partial charge in [0.05, 0.1) is 5.92 Å². The smallest absolute Gasteiger partial charge is 0.309 e. The molecule has 1 unspecified atom stereocenters. The number of rotatable bonds is 5. The number of aryl methyl sites for hydroxylation is 1. The molecule has 1 saturated carbocycles. The summed E-state index contributed by atoms with van der Waals surface area (Å²) in [4.78, 5) is 24.1. The molecule has 0 bridgehead atoms. The van der Waals surface area contributed by atoms with E-state index in [0.717, 1.165) is 35.7 Å². The van der Waals surface area contributed by atoms with Gasteiger partial charge in [-0.3, -0.25) is 9.59 Å². The molecule has 4 rings (SSSR count). The molecule has 0 aliphatic heterocycles. The molecule has 2 aromatic carbocycles. The minimum absolute atomic E-state index is 0.0122. The molecule has 1 aliphatic rings. The third-order valence-corrected chi connectivity index (χ3v) is 4.93. The Hall–Kier alpha value is -2.82. The van der Waals surface area contributed by atoms with Crippen LogP contribution >= 0.6 is 0 Å². The van der Waals surface area contributed by atoms with Crippen molar-refractivity contribution in [3.05, 3.63) is 42.5 Å².